The predicted octanol–water partition coefficient (Wildman–Crippen LogP) is 2.62. The van der Waals surface area contributed by atoms with Gasteiger partial charge >= 0.3 is 0 Å². The maximum absolute atomic E-state index is 5.53. The van der Waals surface area contributed by atoms with Crippen molar-refractivity contribution < 1.29 is 0 Å². The molecule has 2 N–H and O–H groups in total. The molecule has 0 fully saturated rings. The molecule has 2 aromatic rings. The van der Waals surface area contributed by atoms with Gasteiger partial charge in [0, 0.05) is 13.2 Å². The van der Waals surface area contributed by atoms with Crippen LogP contribution in [0.5, 0.6) is 0 Å². The Morgan fingerprint density at radius 3 is 2.60 bits per heavy atom. The number of hydrazine groups is 1. The van der Waals surface area contributed by atoms with Gasteiger partial charge in [-0.25, -0.2) is 5.84 Å². The molecule has 2 heteroatoms. The Labute approximate surface area is 89.6 Å². The van der Waals surface area contributed by atoms with Crippen LogP contribution in [0.25, 0.3) is 16.8 Å². The third-order valence-electron chi connectivity index (χ3n) is 2.31. The van der Waals surface area contributed by atoms with Crippen LogP contribution in [0.4, 0.5) is 0 Å². The summed E-state index contributed by atoms with van der Waals surface area (Å²) in [5, 5.41) is 4.04. The highest BCUT2D eigenvalue weighted by molar-refractivity contribution is 5.90. The van der Waals surface area contributed by atoms with Crippen molar-refractivity contribution in [1.82, 2.24) is 5.01 Å². The average molecular weight is 198 g/mol. The van der Waals surface area contributed by atoms with Crippen molar-refractivity contribution in [2.75, 3.05) is 7.05 Å². The molecule has 0 heterocycles. The van der Waals surface area contributed by atoms with Crippen LogP contribution in [-0.2, 0) is 0 Å². The first-order chi connectivity index (χ1) is 7.27. The molecule has 0 radical (unpaired) electrons. The topological polar surface area (TPSA) is 29.3 Å². The summed E-state index contributed by atoms with van der Waals surface area (Å²) in [5.74, 6) is 5.53. The van der Waals surface area contributed by atoms with Crippen molar-refractivity contribution in [3.8, 4) is 0 Å². The summed E-state index contributed by atoms with van der Waals surface area (Å²) < 4.78 is 0. The summed E-state index contributed by atoms with van der Waals surface area (Å²) in [6.07, 6.45) is 3.87. The van der Waals surface area contributed by atoms with Gasteiger partial charge in [0.05, 0.1) is 0 Å². The predicted molar refractivity (Wildman–Crippen MR) is 64.9 cm³/mol. The highest BCUT2D eigenvalue weighted by Crippen LogP contribution is 2.19. The molecule has 2 rings (SSSR count). The molecule has 0 bridgehead atoms. The Hall–Kier alpha value is -1.80. The van der Waals surface area contributed by atoms with E-state index < -0.39 is 0 Å². The minimum Gasteiger partial charge on any atom is -0.321 e. The van der Waals surface area contributed by atoms with Crippen LogP contribution in [0, 0.1) is 0 Å². The van der Waals surface area contributed by atoms with Crippen LogP contribution in [0.3, 0.4) is 0 Å². The zero-order valence-corrected chi connectivity index (χ0v) is 8.72. The molecule has 0 atom stereocenters. The monoisotopic (exact) mass is 198 g/mol. The quantitative estimate of drug-likeness (QED) is 0.593. The van der Waals surface area contributed by atoms with Gasteiger partial charge in [-0.15, -0.1) is 0 Å². The van der Waals surface area contributed by atoms with E-state index in [1.165, 1.54) is 16.3 Å². The lowest BCUT2D eigenvalue weighted by Gasteiger charge is -2.05. The van der Waals surface area contributed by atoms with Gasteiger partial charge in [0.1, 0.15) is 0 Å². The Kier molecular flexibility index (Phi) is 2.70. The summed E-state index contributed by atoms with van der Waals surface area (Å²) in [6.45, 7) is 0. The number of nitrogens with two attached hydrogens (primary N) is 1. The molecule has 0 aliphatic rings. The first-order valence-electron chi connectivity index (χ1n) is 4.91. The zero-order chi connectivity index (χ0) is 10.7. The molecule has 0 unspecified atom stereocenters. The van der Waals surface area contributed by atoms with Crippen molar-refractivity contribution in [3.63, 3.8) is 0 Å². The fourth-order valence-corrected chi connectivity index (χ4v) is 1.59. The molecule has 2 aromatic carbocycles. The van der Waals surface area contributed by atoms with Crippen molar-refractivity contribution >= 4 is 16.8 Å². The Morgan fingerprint density at radius 1 is 1.07 bits per heavy atom. The molecular weight excluding hydrogens is 184 g/mol. The maximum Gasteiger partial charge on any atom is 0.0222 e. The summed E-state index contributed by atoms with van der Waals surface area (Å²) in [7, 11) is 1.81. The minimum absolute atomic E-state index is 1.19. The van der Waals surface area contributed by atoms with Crippen LogP contribution in [0.15, 0.2) is 48.7 Å². The SMILES string of the molecule is CN(N)/C=C/c1cccc2ccccc12. The Bertz CT molecular complexity index is 481. The van der Waals surface area contributed by atoms with E-state index in [0.717, 1.165) is 0 Å². The number of benzene rings is 2. The molecular formula is C13H14N2. The zero-order valence-electron chi connectivity index (χ0n) is 8.72. The molecule has 0 saturated heterocycles. The standard InChI is InChI=1S/C13H14N2/c1-15(14)10-9-12-7-4-6-11-5-2-3-8-13(11)12/h2-10H,14H2,1H3/b10-9+. The van der Waals surface area contributed by atoms with Gasteiger partial charge in [0.15, 0.2) is 0 Å². The van der Waals surface area contributed by atoms with Crippen molar-refractivity contribution in [2.24, 2.45) is 5.84 Å². The number of nitrogens with zero attached hydrogens (tertiary/aromatic N) is 1. The average Bonchev–Trinajstić information content (AvgIpc) is 2.26. The molecule has 0 spiro atoms. The van der Waals surface area contributed by atoms with Crippen LogP contribution in [0.2, 0.25) is 0 Å². The van der Waals surface area contributed by atoms with E-state index in [0.29, 0.717) is 0 Å². The second-order valence-electron chi connectivity index (χ2n) is 3.55. The maximum atomic E-state index is 5.53. The molecule has 76 valence electrons. The number of fused-ring (bicyclic) bond motifs is 1. The molecule has 15 heavy (non-hydrogen) atoms. The van der Waals surface area contributed by atoms with Crippen LogP contribution < -0.4 is 5.84 Å². The van der Waals surface area contributed by atoms with Gasteiger partial charge < -0.3 is 5.01 Å². The Balaban J connectivity index is 2.51. The van der Waals surface area contributed by atoms with E-state index in [-0.39, 0.29) is 0 Å². The largest absolute Gasteiger partial charge is 0.321 e. The second-order valence-corrected chi connectivity index (χ2v) is 3.55. The van der Waals surface area contributed by atoms with Crippen molar-refractivity contribution in [3.05, 3.63) is 54.2 Å². The summed E-state index contributed by atoms with van der Waals surface area (Å²) in [5.41, 5.74) is 1.19. The van der Waals surface area contributed by atoms with Gasteiger partial charge in [-0.2, -0.15) is 0 Å². The third kappa shape index (κ3) is 2.17. The van der Waals surface area contributed by atoms with Gasteiger partial charge in [-0.3, -0.25) is 0 Å². The van der Waals surface area contributed by atoms with Gasteiger partial charge in [0.25, 0.3) is 0 Å². The smallest absolute Gasteiger partial charge is 0.0222 e. The van der Waals surface area contributed by atoms with Crippen molar-refractivity contribution in [1.29, 1.82) is 0 Å². The minimum atomic E-state index is 1.19. The Morgan fingerprint density at radius 2 is 1.80 bits per heavy atom. The number of rotatable bonds is 2. The van der Waals surface area contributed by atoms with Crippen LogP contribution in [-0.4, -0.2) is 12.1 Å². The van der Waals surface area contributed by atoms with E-state index in [1.807, 2.05) is 31.5 Å². The molecule has 0 amide bonds. The highest BCUT2D eigenvalue weighted by Gasteiger charge is 1.95. The lowest BCUT2D eigenvalue weighted by atomic mass is 10.0. The number of hydrogen-bond acceptors (Lipinski definition) is 2. The van der Waals surface area contributed by atoms with E-state index in [1.54, 1.807) is 5.01 Å². The molecule has 0 saturated carbocycles. The molecule has 0 aliphatic carbocycles. The number of hydrogen-bond donors (Lipinski definition) is 1. The van der Waals surface area contributed by atoms with E-state index >= 15 is 0 Å². The summed E-state index contributed by atoms with van der Waals surface area (Å²) in [6, 6.07) is 14.6. The fourth-order valence-electron chi connectivity index (χ4n) is 1.59. The van der Waals surface area contributed by atoms with Crippen LogP contribution >= 0.6 is 0 Å². The van der Waals surface area contributed by atoms with E-state index in [4.69, 9.17) is 5.84 Å². The van der Waals surface area contributed by atoms with Gasteiger partial charge in [-0.05, 0) is 22.4 Å². The first-order valence-corrected chi connectivity index (χ1v) is 4.91. The van der Waals surface area contributed by atoms with E-state index in [2.05, 4.69) is 30.3 Å². The first kappa shape index (κ1) is 9.74. The fraction of sp³-hybridized carbons (Fsp3) is 0.0769. The lowest BCUT2D eigenvalue weighted by molar-refractivity contribution is 0.488. The molecule has 0 aromatic heterocycles. The normalized spacial score (nSPS) is 11.1. The third-order valence-corrected chi connectivity index (χ3v) is 2.31. The summed E-state index contributed by atoms with van der Waals surface area (Å²) >= 11 is 0. The summed E-state index contributed by atoms with van der Waals surface area (Å²) in [4.78, 5) is 0. The van der Waals surface area contributed by atoms with Gasteiger partial charge in [0.2, 0.25) is 0 Å². The van der Waals surface area contributed by atoms with Gasteiger partial charge in [-0.1, -0.05) is 42.5 Å². The molecule has 0 aliphatic heterocycles. The lowest BCUT2D eigenvalue weighted by Crippen LogP contribution is -2.18. The van der Waals surface area contributed by atoms with Crippen molar-refractivity contribution in [2.45, 2.75) is 0 Å². The van der Waals surface area contributed by atoms with E-state index in [9.17, 15) is 0 Å². The van der Waals surface area contributed by atoms with Crippen LogP contribution in [0.1, 0.15) is 5.56 Å². The highest BCUT2D eigenvalue weighted by atomic mass is 15.4. The second kappa shape index (κ2) is 4.15. The molecule has 2 nitrogen and oxygen atoms in total.